The Morgan fingerprint density at radius 3 is 2.35 bits per heavy atom. The van der Waals surface area contributed by atoms with Gasteiger partial charge in [0.1, 0.15) is 0 Å². The van der Waals surface area contributed by atoms with E-state index in [9.17, 15) is 0 Å². The van der Waals surface area contributed by atoms with E-state index in [1.54, 1.807) is 12.4 Å². The molecule has 0 radical (unpaired) electrons. The van der Waals surface area contributed by atoms with Gasteiger partial charge in [-0.1, -0.05) is 41.4 Å². The van der Waals surface area contributed by atoms with Crippen molar-refractivity contribution in [3.05, 3.63) is 70.4 Å². The van der Waals surface area contributed by atoms with Crippen molar-refractivity contribution in [1.29, 1.82) is 0 Å². The SMILES string of the molecule is CC(C)(C)n1nnnc1C(c1ccnc2ccccc12)N1CCN(c2c(Cl)cncc2Cl)CC1. The van der Waals surface area contributed by atoms with E-state index in [2.05, 4.69) is 68.2 Å². The van der Waals surface area contributed by atoms with Crippen molar-refractivity contribution in [3.63, 3.8) is 0 Å². The molecule has 4 aromatic rings. The van der Waals surface area contributed by atoms with Crippen molar-refractivity contribution < 1.29 is 0 Å². The molecular weight excluding hydrogens is 471 g/mol. The van der Waals surface area contributed by atoms with Gasteiger partial charge in [0.15, 0.2) is 5.82 Å². The molecule has 4 heterocycles. The minimum Gasteiger partial charge on any atom is -0.366 e. The summed E-state index contributed by atoms with van der Waals surface area (Å²) >= 11 is 12.9. The summed E-state index contributed by atoms with van der Waals surface area (Å²) in [6.07, 6.45) is 5.14. The number of para-hydroxylation sites is 1. The van der Waals surface area contributed by atoms with Gasteiger partial charge in [0.25, 0.3) is 0 Å². The molecule has 0 amide bonds. The van der Waals surface area contributed by atoms with Crippen molar-refractivity contribution in [2.75, 3.05) is 31.1 Å². The van der Waals surface area contributed by atoms with Crippen LogP contribution in [0.3, 0.4) is 0 Å². The predicted octanol–water partition coefficient (Wildman–Crippen LogP) is 4.59. The number of fused-ring (bicyclic) bond motifs is 1. The highest BCUT2D eigenvalue weighted by atomic mass is 35.5. The maximum Gasteiger partial charge on any atom is 0.173 e. The normalized spacial score (nSPS) is 16.2. The molecule has 1 fully saturated rings. The Morgan fingerprint density at radius 1 is 0.941 bits per heavy atom. The third-order valence-electron chi connectivity index (χ3n) is 6.17. The third-order valence-corrected chi connectivity index (χ3v) is 6.73. The summed E-state index contributed by atoms with van der Waals surface area (Å²) in [6, 6.07) is 10.2. The van der Waals surface area contributed by atoms with Crippen LogP contribution in [0, 0.1) is 0 Å². The Balaban J connectivity index is 1.55. The second-order valence-corrected chi connectivity index (χ2v) is 10.2. The number of tetrazole rings is 1. The van der Waals surface area contributed by atoms with Gasteiger partial charge in [-0.25, -0.2) is 4.68 Å². The smallest absolute Gasteiger partial charge is 0.173 e. The van der Waals surface area contributed by atoms with Crippen LogP contribution in [0.25, 0.3) is 10.9 Å². The molecule has 8 nitrogen and oxygen atoms in total. The third kappa shape index (κ3) is 4.21. The average molecular weight is 497 g/mol. The summed E-state index contributed by atoms with van der Waals surface area (Å²) < 4.78 is 1.93. The first-order valence-electron chi connectivity index (χ1n) is 11.2. The number of hydrogen-bond donors (Lipinski definition) is 0. The highest BCUT2D eigenvalue weighted by Gasteiger charge is 2.34. The first kappa shape index (κ1) is 23.0. The maximum absolute atomic E-state index is 6.44. The molecule has 176 valence electrons. The minimum absolute atomic E-state index is 0.132. The van der Waals surface area contributed by atoms with E-state index in [-0.39, 0.29) is 11.6 Å². The molecule has 1 atom stereocenters. The Bertz CT molecular complexity index is 1280. The monoisotopic (exact) mass is 496 g/mol. The maximum atomic E-state index is 6.44. The zero-order chi connectivity index (χ0) is 23.9. The zero-order valence-electron chi connectivity index (χ0n) is 19.4. The molecule has 34 heavy (non-hydrogen) atoms. The van der Waals surface area contributed by atoms with E-state index >= 15 is 0 Å². The quantitative estimate of drug-likeness (QED) is 0.408. The molecule has 10 heteroatoms. The number of hydrogen-bond acceptors (Lipinski definition) is 7. The molecule has 5 rings (SSSR count). The fraction of sp³-hybridized carbons (Fsp3) is 0.375. The molecular formula is C24H26Cl2N8. The van der Waals surface area contributed by atoms with E-state index < -0.39 is 0 Å². The summed E-state index contributed by atoms with van der Waals surface area (Å²) in [5.41, 5.74) is 2.66. The van der Waals surface area contributed by atoms with Crippen molar-refractivity contribution in [1.82, 2.24) is 35.1 Å². The lowest BCUT2D eigenvalue weighted by atomic mass is 9.98. The van der Waals surface area contributed by atoms with Crippen LogP contribution in [0.2, 0.25) is 10.0 Å². The van der Waals surface area contributed by atoms with Crippen LogP contribution in [0.1, 0.15) is 38.2 Å². The summed E-state index contributed by atoms with van der Waals surface area (Å²) in [5, 5.41) is 15.2. The zero-order valence-corrected chi connectivity index (χ0v) is 20.9. The van der Waals surface area contributed by atoms with Crippen LogP contribution in [0.5, 0.6) is 0 Å². The largest absolute Gasteiger partial charge is 0.366 e. The second kappa shape index (κ2) is 9.09. The number of piperazine rings is 1. The van der Waals surface area contributed by atoms with Crippen LogP contribution in [-0.2, 0) is 5.54 Å². The van der Waals surface area contributed by atoms with Gasteiger partial charge in [0.2, 0.25) is 0 Å². The molecule has 0 bridgehead atoms. The molecule has 1 unspecified atom stereocenters. The van der Waals surface area contributed by atoms with Gasteiger partial charge in [-0.2, -0.15) is 0 Å². The number of benzene rings is 1. The number of pyridine rings is 2. The fourth-order valence-corrected chi connectivity index (χ4v) is 5.21. The lowest BCUT2D eigenvalue weighted by Crippen LogP contribution is -2.49. The first-order valence-corrected chi connectivity index (χ1v) is 12.0. The number of aromatic nitrogens is 6. The van der Waals surface area contributed by atoms with Gasteiger partial charge in [0.05, 0.1) is 32.8 Å². The number of nitrogens with zero attached hydrogens (tertiary/aromatic N) is 8. The van der Waals surface area contributed by atoms with Crippen LogP contribution in [-0.4, -0.2) is 61.3 Å². The molecule has 0 saturated carbocycles. The number of halogens is 2. The van der Waals surface area contributed by atoms with E-state index in [0.717, 1.165) is 54.2 Å². The summed E-state index contributed by atoms with van der Waals surface area (Å²) in [5.74, 6) is 0.817. The van der Waals surface area contributed by atoms with Gasteiger partial charge in [-0.15, -0.1) is 5.10 Å². The first-order chi connectivity index (χ1) is 16.3. The standard InChI is InChI=1S/C24H26Cl2N8/c1-24(2,3)34-23(29-30-31-34)21(17-8-9-28-20-7-5-4-6-16(17)20)32-10-12-33(13-11-32)22-18(25)14-27-15-19(22)26/h4-9,14-15,21H,10-13H2,1-3H3. The second-order valence-electron chi connectivity index (χ2n) is 9.41. The van der Waals surface area contributed by atoms with Crippen molar-refractivity contribution in [3.8, 4) is 0 Å². The van der Waals surface area contributed by atoms with Gasteiger partial charge in [0, 0.05) is 50.2 Å². The van der Waals surface area contributed by atoms with E-state index in [4.69, 9.17) is 23.2 Å². The van der Waals surface area contributed by atoms with Gasteiger partial charge < -0.3 is 4.90 Å². The van der Waals surface area contributed by atoms with Gasteiger partial charge in [-0.3, -0.25) is 14.9 Å². The molecule has 1 aromatic carbocycles. The molecule has 1 saturated heterocycles. The summed E-state index contributed by atoms with van der Waals surface area (Å²) in [7, 11) is 0. The predicted molar refractivity (Wildman–Crippen MR) is 134 cm³/mol. The van der Waals surface area contributed by atoms with E-state index in [1.165, 1.54) is 0 Å². The van der Waals surface area contributed by atoms with Crippen LogP contribution < -0.4 is 4.90 Å². The topological polar surface area (TPSA) is 75.9 Å². The van der Waals surface area contributed by atoms with Crippen molar-refractivity contribution >= 4 is 39.8 Å². The van der Waals surface area contributed by atoms with E-state index in [1.807, 2.05) is 29.1 Å². The number of anilines is 1. The summed E-state index contributed by atoms with van der Waals surface area (Å²) in [6.45, 7) is 9.43. The van der Waals surface area contributed by atoms with Crippen LogP contribution in [0.15, 0.2) is 48.9 Å². The fourth-order valence-electron chi connectivity index (χ4n) is 4.61. The summed E-state index contributed by atoms with van der Waals surface area (Å²) in [4.78, 5) is 13.3. The van der Waals surface area contributed by atoms with Crippen LogP contribution in [0.4, 0.5) is 5.69 Å². The molecule has 0 spiro atoms. The lowest BCUT2D eigenvalue weighted by Gasteiger charge is -2.41. The molecule has 3 aromatic heterocycles. The van der Waals surface area contributed by atoms with Gasteiger partial charge >= 0.3 is 0 Å². The van der Waals surface area contributed by atoms with Crippen LogP contribution >= 0.6 is 23.2 Å². The Kier molecular flexibility index (Phi) is 6.14. The lowest BCUT2D eigenvalue weighted by molar-refractivity contribution is 0.192. The van der Waals surface area contributed by atoms with Crippen molar-refractivity contribution in [2.24, 2.45) is 0 Å². The molecule has 1 aliphatic rings. The van der Waals surface area contributed by atoms with Gasteiger partial charge in [-0.05, 0) is 48.9 Å². The number of rotatable bonds is 4. The Labute approximate surface area is 208 Å². The molecule has 0 N–H and O–H groups in total. The average Bonchev–Trinajstić information content (AvgIpc) is 3.31. The van der Waals surface area contributed by atoms with E-state index in [0.29, 0.717) is 10.0 Å². The highest BCUT2D eigenvalue weighted by Crippen LogP contribution is 2.37. The highest BCUT2D eigenvalue weighted by molar-refractivity contribution is 6.38. The Hall–Kier alpha value is -2.81. The van der Waals surface area contributed by atoms with Crippen molar-refractivity contribution in [2.45, 2.75) is 32.4 Å². The molecule has 0 aliphatic carbocycles. The molecule has 1 aliphatic heterocycles. The Morgan fingerprint density at radius 2 is 1.65 bits per heavy atom. The minimum atomic E-state index is -0.264.